The summed E-state index contributed by atoms with van der Waals surface area (Å²) in [6.07, 6.45) is 3.87. The normalized spacial score (nSPS) is 18.0. The molecule has 134 valence electrons. The maximum atomic E-state index is 14.3. The summed E-state index contributed by atoms with van der Waals surface area (Å²) in [5.41, 5.74) is 1.60. The fourth-order valence-electron chi connectivity index (χ4n) is 3.38. The van der Waals surface area contributed by atoms with Gasteiger partial charge in [0.05, 0.1) is 18.8 Å². The van der Waals surface area contributed by atoms with Gasteiger partial charge in [0.2, 0.25) is 0 Å². The zero-order chi connectivity index (χ0) is 17.8. The number of halogens is 1. The van der Waals surface area contributed by atoms with Gasteiger partial charge in [-0.15, -0.1) is 0 Å². The molecule has 1 saturated heterocycles. The van der Waals surface area contributed by atoms with Crippen molar-refractivity contribution in [1.82, 2.24) is 19.8 Å². The predicted octanol–water partition coefficient (Wildman–Crippen LogP) is 3.02. The van der Waals surface area contributed by atoms with Crippen molar-refractivity contribution in [3.8, 4) is 5.75 Å². The molecule has 0 bridgehead atoms. The summed E-state index contributed by atoms with van der Waals surface area (Å²) in [6, 6.07) is 7.02. The van der Waals surface area contributed by atoms with Gasteiger partial charge in [-0.3, -0.25) is 4.90 Å². The lowest BCUT2D eigenvalue weighted by Crippen LogP contribution is -2.25. The molecular formula is C19H25FN4O. The number of hydrogen-bond donors (Lipinski definition) is 0. The Morgan fingerprint density at radius 2 is 2.16 bits per heavy atom. The third kappa shape index (κ3) is 4.14. The van der Waals surface area contributed by atoms with Crippen molar-refractivity contribution in [3.05, 3.63) is 53.4 Å². The van der Waals surface area contributed by atoms with Crippen molar-refractivity contribution in [3.63, 3.8) is 0 Å². The van der Waals surface area contributed by atoms with Gasteiger partial charge < -0.3 is 9.64 Å². The topological polar surface area (TPSA) is 41.5 Å². The highest BCUT2D eigenvalue weighted by atomic mass is 19.1. The molecule has 1 aromatic heterocycles. The van der Waals surface area contributed by atoms with E-state index in [9.17, 15) is 4.39 Å². The molecule has 3 rings (SSSR count). The first-order valence-corrected chi connectivity index (χ1v) is 8.60. The van der Waals surface area contributed by atoms with E-state index in [1.54, 1.807) is 19.2 Å². The van der Waals surface area contributed by atoms with E-state index < -0.39 is 0 Å². The molecule has 1 fully saturated rings. The lowest BCUT2D eigenvalue weighted by molar-refractivity contribution is 0.231. The van der Waals surface area contributed by atoms with E-state index in [0.717, 1.165) is 37.4 Å². The van der Waals surface area contributed by atoms with Crippen LogP contribution in [0.2, 0.25) is 0 Å². The lowest BCUT2D eigenvalue weighted by Gasteiger charge is -2.24. The van der Waals surface area contributed by atoms with E-state index in [-0.39, 0.29) is 11.9 Å². The van der Waals surface area contributed by atoms with Crippen molar-refractivity contribution >= 4 is 0 Å². The number of hydrogen-bond acceptors (Lipinski definition) is 5. The summed E-state index contributed by atoms with van der Waals surface area (Å²) >= 11 is 0. The number of nitrogens with zero attached hydrogens (tertiary/aromatic N) is 4. The van der Waals surface area contributed by atoms with Crippen LogP contribution in [0.1, 0.15) is 36.0 Å². The van der Waals surface area contributed by atoms with Crippen LogP contribution in [0, 0.1) is 5.82 Å². The SMILES string of the molecule is COc1cccc(F)c1CN1CCC[C@H]1c1nccc(CN(C)C)n1. The molecule has 0 unspecified atom stereocenters. The van der Waals surface area contributed by atoms with E-state index >= 15 is 0 Å². The number of ether oxygens (including phenoxy) is 1. The second-order valence-corrected chi connectivity index (χ2v) is 6.69. The molecule has 0 N–H and O–H groups in total. The van der Waals surface area contributed by atoms with Gasteiger partial charge in [-0.25, -0.2) is 14.4 Å². The van der Waals surface area contributed by atoms with Crippen LogP contribution in [-0.4, -0.2) is 47.5 Å². The molecule has 1 aliphatic rings. The molecule has 0 saturated carbocycles. The summed E-state index contributed by atoms with van der Waals surface area (Å²) in [6.45, 7) is 2.19. The molecular weight excluding hydrogens is 319 g/mol. The highest BCUT2D eigenvalue weighted by Gasteiger charge is 2.29. The van der Waals surface area contributed by atoms with Crippen LogP contribution in [0.25, 0.3) is 0 Å². The minimum atomic E-state index is -0.229. The van der Waals surface area contributed by atoms with Gasteiger partial charge in [-0.2, -0.15) is 0 Å². The van der Waals surface area contributed by atoms with Crippen LogP contribution < -0.4 is 4.74 Å². The molecule has 5 nitrogen and oxygen atoms in total. The summed E-state index contributed by atoms with van der Waals surface area (Å²) in [5, 5.41) is 0. The molecule has 2 heterocycles. The molecule has 25 heavy (non-hydrogen) atoms. The summed E-state index contributed by atoms with van der Waals surface area (Å²) < 4.78 is 19.6. The molecule has 1 aromatic carbocycles. The Labute approximate surface area is 148 Å². The summed E-state index contributed by atoms with van der Waals surface area (Å²) in [4.78, 5) is 13.6. The Balaban J connectivity index is 1.82. The van der Waals surface area contributed by atoms with Gasteiger partial charge >= 0.3 is 0 Å². The highest BCUT2D eigenvalue weighted by Crippen LogP contribution is 2.33. The molecule has 0 amide bonds. The lowest BCUT2D eigenvalue weighted by atomic mass is 10.1. The van der Waals surface area contributed by atoms with Gasteiger partial charge in [0, 0.05) is 24.8 Å². The first kappa shape index (κ1) is 17.8. The minimum Gasteiger partial charge on any atom is -0.496 e. The molecule has 2 aromatic rings. The second-order valence-electron chi connectivity index (χ2n) is 6.69. The van der Waals surface area contributed by atoms with Crippen LogP contribution in [-0.2, 0) is 13.1 Å². The Hall–Kier alpha value is -2.05. The Morgan fingerprint density at radius 1 is 1.32 bits per heavy atom. The highest BCUT2D eigenvalue weighted by molar-refractivity contribution is 5.34. The summed E-state index contributed by atoms with van der Waals surface area (Å²) in [7, 11) is 5.62. The van der Waals surface area contributed by atoms with Gasteiger partial charge in [-0.05, 0) is 51.7 Å². The Bertz CT molecular complexity index is 722. The number of rotatable bonds is 6. The van der Waals surface area contributed by atoms with Crippen LogP contribution >= 0.6 is 0 Å². The fourth-order valence-corrected chi connectivity index (χ4v) is 3.38. The maximum absolute atomic E-state index is 14.3. The monoisotopic (exact) mass is 344 g/mol. The summed E-state index contributed by atoms with van der Waals surface area (Å²) in [5.74, 6) is 1.19. The zero-order valence-corrected chi connectivity index (χ0v) is 15.1. The van der Waals surface area contributed by atoms with Crippen molar-refractivity contribution in [2.24, 2.45) is 0 Å². The van der Waals surface area contributed by atoms with Gasteiger partial charge in [0.1, 0.15) is 17.4 Å². The quantitative estimate of drug-likeness (QED) is 0.806. The van der Waals surface area contributed by atoms with Crippen molar-refractivity contribution in [2.75, 3.05) is 27.7 Å². The van der Waals surface area contributed by atoms with Crippen LogP contribution in [0.3, 0.4) is 0 Å². The number of methoxy groups -OCH3 is 1. The van der Waals surface area contributed by atoms with Crippen molar-refractivity contribution in [1.29, 1.82) is 0 Å². The van der Waals surface area contributed by atoms with E-state index in [1.165, 1.54) is 6.07 Å². The van der Waals surface area contributed by atoms with E-state index in [2.05, 4.69) is 14.8 Å². The van der Waals surface area contributed by atoms with Crippen molar-refractivity contribution in [2.45, 2.75) is 32.0 Å². The molecule has 0 spiro atoms. The molecule has 0 aliphatic carbocycles. The van der Waals surface area contributed by atoms with E-state index in [0.29, 0.717) is 17.9 Å². The van der Waals surface area contributed by atoms with E-state index in [4.69, 9.17) is 9.72 Å². The molecule has 1 atom stereocenters. The average Bonchev–Trinajstić information content (AvgIpc) is 3.04. The van der Waals surface area contributed by atoms with Gasteiger partial charge in [0.25, 0.3) is 0 Å². The molecule has 1 aliphatic heterocycles. The van der Waals surface area contributed by atoms with E-state index in [1.807, 2.05) is 26.4 Å². The predicted molar refractivity (Wildman–Crippen MR) is 94.8 cm³/mol. The standard InChI is InChI=1S/C19H25FN4O/c1-23(2)12-14-9-10-21-19(22-14)17-7-5-11-24(17)13-15-16(20)6-4-8-18(15)25-3/h4,6,8-10,17H,5,7,11-13H2,1-3H3/t17-/m0/s1. The largest absolute Gasteiger partial charge is 0.496 e. The average molecular weight is 344 g/mol. The first-order valence-electron chi connectivity index (χ1n) is 8.60. The molecule has 6 heteroatoms. The Morgan fingerprint density at radius 3 is 2.92 bits per heavy atom. The zero-order valence-electron chi connectivity index (χ0n) is 15.1. The fraction of sp³-hybridized carbons (Fsp3) is 0.474. The second kappa shape index (κ2) is 7.89. The number of likely N-dealkylation sites (tertiary alicyclic amines) is 1. The number of benzene rings is 1. The number of aromatic nitrogens is 2. The van der Waals surface area contributed by atoms with Gasteiger partial charge in [-0.1, -0.05) is 6.07 Å². The minimum absolute atomic E-state index is 0.117. The van der Waals surface area contributed by atoms with Gasteiger partial charge in [0.15, 0.2) is 0 Å². The van der Waals surface area contributed by atoms with Crippen LogP contribution in [0.15, 0.2) is 30.5 Å². The maximum Gasteiger partial charge on any atom is 0.145 e. The third-order valence-corrected chi connectivity index (χ3v) is 4.53. The smallest absolute Gasteiger partial charge is 0.145 e. The first-order chi connectivity index (χ1) is 12.1. The van der Waals surface area contributed by atoms with Crippen LogP contribution in [0.4, 0.5) is 4.39 Å². The third-order valence-electron chi connectivity index (χ3n) is 4.53. The molecule has 0 radical (unpaired) electrons. The Kier molecular flexibility index (Phi) is 5.60. The van der Waals surface area contributed by atoms with Crippen molar-refractivity contribution < 1.29 is 9.13 Å². The van der Waals surface area contributed by atoms with Crippen LogP contribution in [0.5, 0.6) is 5.75 Å².